The van der Waals surface area contributed by atoms with Gasteiger partial charge in [-0.2, -0.15) is 0 Å². The lowest BCUT2D eigenvalue weighted by Gasteiger charge is -2.24. The highest BCUT2D eigenvalue weighted by molar-refractivity contribution is 7.07. The molecule has 9 heteroatoms. The van der Waals surface area contributed by atoms with Crippen LogP contribution in [-0.2, 0) is 9.53 Å². The summed E-state index contributed by atoms with van der Waals surface area (Å²) in [7, 11) is 3.72. The summed E-state index contributed by atoms with van der Waals surface area (Å²) < 4.78 is 26.4. The number of fused-ring (bicyclic) bond motifs is 1. The Hall–Kier alpha value is -3.46. The van der Waals surface area contributed by atoms with Crippen LogP contribution in [0.5, 0.6) is 0 Å². The van der Waals surface area contributed by atoms with Crippen LogP contribution in [-0.4, -0.2) is 31.2 Å². The topological polar surface area (TPSA) is 77.0 Å². The Morgan fingerprint density at radius 2 is 2.00 bits per heavy atom. The summed E-state index contributed by atoms with van der Waals surface area (Å²) in [5.41, 5.74) is 0.980. The van der Waals surface area contributed by atoms with Crippen LogP contribution in [0.4, 0.5) is 10.3 Å². The van der Waals surface area contributed by atoms with Crippen molar-refractivity contribution in [2.45, 2.75) is 19.9 Å². The Balaban J connectivity index is 1.92. The maximum absolute atomic E-state index is 13.6. The predicted molar refractivity (Wildman–Crippen MR) is 120 cm³/mol. The van der Waals surface area contributed by atoms with Crippen molar-refractivity contribution >= 4 is 29.3 Å². The summed E-state index contributed by atoms with van der Waals surface area (Å²) in [6, 6.07) is 8.54. The van der Waals surface area contributed by atoms with Crippen molar-refractivity contribution in [2.75, 3.05) is 25.6 Å². The second kappa shape index (κ2) is 8.58. The number of carbonyl (C=O) groups excluding carboxylic acids is 1. The van der Waals surface area contributed by atoms with E-state index < -0.39 is 17.8 Å². The number of benzene rings is 1. The second-order valence-corrected chi connectivity index (χ2v) is 8.43. The summed E-state index contributed by atoms with van der Waals surface area (Å²) >= 11 is 1.20. The van der Waals surface area contributed by atoms with Crippen molar-refractivity contribution in [3.8, 4) is 0 Å². The number of ether oxygens (including phenoxy) is 1. The van der Waals surface area contributed by atoms with Gasteiger partial charge in [0.05, 0.1) is 28.5 Å². The molecule has 0 unspecified atom stereocenters. The van der Waals surface area contributed by atoms with E-state index in [9.17, 15) is 14.0 Å². The molecule has 0 amide bonds. The van der Waals surface area contributed by atoms with Gasteiger partial charge >= 0.3 is 5.97 Å². The van der Waals surface area contributed by atoms with Gasteiger partial charge in [0.2, 0.25) is 0 Å². The minimum atomic E-state index is -0.776. The smallest absolute Gasteiger partial charge is 0.338 e. The van der Waals surface area contributed by atoms with E-state index in [4.69, 9.17) is 9.15 Å². The van der Waals surface area contributed by atoms with Gasteiger partial charge in [-0.15, -0.1) is 0 Å². The van der Waals surface area contributed by atoms with Crippen LogP contribution in [0.25, 0.3) is 6.08 Å². The van der Waals surface area contributed by atoms with E-state index in [1.165, 1.54) is 28.0 Å². The highest BCUT2D eigenvalue weighted by Crippen LogP contribution is 2.30. The number of allylic oxidation sites excluding steroid dienone is 1. The first-order valence-corrected chi connectivity index (χ1v) is 10.8. The second-order valence-electron chi connectivity index (χ2n) is 7.42. The third kappa shape index (κ3) is 3.91. The van der Waals surface area contributed by atoms with Crippen molar-refractivity contribution in [2.24, 2.45) is 4.99 Å². The molecule has 4 rings (SSSR count). The fourth-order valence-corrected chi connectivity index (χ4v) is 4.57. The first-order valence-electron chi connectivity index (χ1n) is 10.0. The van der Waals surface area contributed by atoms with Crippen molar-refractivity contribution in [1.82, 2.24) is 4.57 Å². The fraction of sp³-hybridized carbons (Fsp3) is 0.261. The lowest BCUT2D eigenvalue weighted by atomic mass is 9.96. The zero-order valence-electron chi connectivity index (χ0n) is 18.1. The molecule has 1 atom stereocenters. The number of halogens is 1. The summed E-state index contributed by atoms with van der Waals surface area (Å²) in [6.45, 7) is 3.60. The molecule has 0 aliphatic carbocycles. The molecule has 2 aromatic heterocycles. The number of anilines is 1. The number of thiazole rings is 1. The van der Waals surface area contributed by atoms with E-state index in [-0.39, 0.29) is 17.7 Å². The van der Waals surface area contributed by atoms with Gasteiger partial charge in [0.25, 0.3) is 5.56 Å². The molecule has 0 saturated heterocycles. The van der Waals surface area contributed by atoms with Gasteiger partial charge in [-0.1, -0.05) is 23.5 Å². The Kier molecular flexibility index (Phi) is 5.84. The van der Waals surface area contributed by atoms with Gasteiger partial charge < -0.3 is 14.1 Å². The van der Waals surface area contributed by atoms with Crippen LogP contribution in [0.1, 0.15) is 31.2 Å². The van der Waals surface area contributed by atoms with Crippen LogP contribution >= 0.6 is 11.3 Å². The predicted octanol–water partition coefficient (Wildman–Crippen LogP) is 2.60. The molecule has 1 aromatic carbocycles. The fourth-order valence-electron chi connectivity index (χ4n) is 3.54. The number of esters is 1. The highest BCUT2D eigenvalue weighted by atomic mass is 32.1. The number of rotatable bonds is 5. The molecule has 0 radical (unpaired) electrons. The van der Waals surface area contributed by atoms with E-state index in [0.29, 0.717) is 32.2 Å². The molecule has 0 bridgehead atoms. The molecule has 32 heavy (non-hydrogen) atoms. The average molecular weight is 456 g/mol. The average Bonchev–Trinajstić information content (AvgIpc) is 3.33. The molecule has 3 heterocycles. The van der Waals surface area contributed by atoms with Crippen molar-refractivity contribution < 1.29 is 18.3 Å². The number of hydrogen-bond donors (Lipinski definition) is 0. The Morgan fingerprint density at radius 1 is 1.28 bits per heavy atom. The van der Waals surface area contributed by atoms with Crippen LogP contribution in [0, 0.1) is 5.82 Å². The van der Waals surface area contributed by atoms with Crippen molar-refractivity contribution in [3.05, 3.63) is 84.5 Å². The van der Waals surface area contributed by atoms with Gasteiger partial charge in [-0.3, -0.25) is 9.36 Å². The molecular weight excluding hydrogens is 433 g/mol. The molecule has 7 nitrogen and oxygen atoms in total. The monoisotopic (exact) mass is 455 g/mol. The number of carbonyl (C=O) groups is 1. The standard InChI is InChI=1S/C23H22FN3O4S/c1-5-30-22(29)19-13(2)25-23-27(20(19)14-6-8-15(24)9-7-14)21(28)17(32-23)12-16-10-11-18(31-16)26(3)4/h6-12,20H,5H2,1-4H3/b17-12-/t20-/m0/s1. The van der Waals surface area contributed by atoms with E-state index in [0.717, 1.165) is 0 Å². The zero-order valence-corrected chi connectivity index (χ0v) is 18.9. The molecular formula is C23H22FN3O4S. The third-order valence-corrected chi connectivity index (χ3v) is 6.01. The number of furan rings is 1. The number of nitrogens with zero attached hydrogens (tertiary/aromatic N) is 3. The summed E-state index contributed by atoms with van der Waals surface area (Å²) in [5.74, 6) is 0.223. The van der Waals surface area contributed by atoms with Crippen LogP contribution < -0.4 is 19.8 Å². The van der Waals surface area contributed by atoms with Gasteiger partial charge in [0, 0.05) is 26.2 Å². The van der Waals surface area contributed by atoms with Crippen LogP contribution in [0.15, 0.2) is 61.9 Å². The van der Waals surface area contributed by atoms with Crippen molar-refractivity contribution in [3.63, 3.8) is 0 Å². The van der Waals surface area contributed by atoms with E-state index in [2.05, 4.69) is 4.99 Å². The van der Waals surface area contributed by atoms with Gasteiger partial charge in [-0.25, -0.2) is 14.2 Å². The van der Waals surface area contributed by atoms with Crippen LogP contribution in [0.2, 0.25) is 0 Å². The minimum absolute atomic E-state index is 0.183. The maximum atomic E-state index is 13.6. The van der Waals surface area contributed by atoms with E-state index >= 15 is 0 Å². The molecule has 166 valence electrons. The Labute approximate surface area is 187 Å². The molecule has 0 spiro atoms. The highest BCUT2D eigenvalue weighted by Gasteiger charge is 2.33. The Morgan fingerprint density at radius 3 is 2.62 bits per heavy atom. The normalized spacial score (nSPS) is 16.0. The van der Waals surface area contributed by atoms with E-state index in [1.807, 2.05) is 25.1 Å². The molecule has 1 aliphatic rings. The summed E-state index contributed by atoms with van der Waals surface area (Å²) in [6.07, 6.45) is 1.65. The first kappa shape index (κ1) is 21.8. The van der Waals surface area contributed by atoms with Gasteiger partial charge in [0.1, 0.15) is 11.6 Å². The quantitative estimate of drug-likeness (QED) is 0.553. The molecule has 1 aliphatic heterocycles. The van der Waals surface area contributed by atoms with Crippen molar-refractivity contribution in [1.29, 1.82) is 0 Å². The Bertz CT molecular complexity index is 1380. The summed E-state index contributed by atoms with van der Waals surface area (Å²) in [4.78, 5) is 33.0. The third-order valence-electron chi connectivity index (χ3n) is 5.03. The van der Waals surface area contributed by atoms with Gasteiger partial charge in [-0.05, 0) is 37.6 Å². The van der Waals surface area contributed by atoms with E-state index in [1.54, 1.807) is 38.1 Å². The molecule has 0 N–H and O–H groups in total. The number of aromatic nitrogens is 1. The molecule has 3 aromatic rings. The SMILES string of the molecule is CCOC(=O)C1=C(C)N=c2s/c(=C\c3ccc(N(C)C)o3)c(=O)n2[C@H]1c1ccc(F)cc1. The summed E-state index contributed by atoms with van der Waals surface area (Å²) in [5, 5.41) is 0. The zero-order chi connectivity index (χ0) is 23.0. The van der Waals surface area contributed by atoms with Gasteiger partial charge in [0.15, 0.2) is 10.7 Å². The lowest BCUT2D eigenvalue weighted by molar-refractivity contribution is -0.139. The molecule has 0 saturated carbocycles. The minimum Gasteiger partial charge on any atom is -0.463 e. The lowest BCUT2D eigenvalue weighted by Crippen LogP contribution is -2.39. The molecule has 0 fully saturated rings. The maximum Gasteiger partial charge on any atom is 0.338 e. The van der Waals surface area contributed by atoms with Crippen LogP contribution in [0.3, 0.4) is 0 Å². The number of hydrogen-bond acceptors (Lipinski definition) is 7. The largest absolute Gasteiger partial charge is 0.463 e. The first-order chi connectivity index (χ1) is 15.3.